The summed E-state index contributed by atoms with van der Waals surface area (Å²) in [4.78, 5) is 10.3. The molecule has 1 rings (SSSR count). The summed E-state index contributed by atoms with van der Waals surface area (Å²) >= 11 is 0. The lowest BCUT2D eigenvalue weighted by Crippen LogP contribution is -1.93. The summed E-state index contributed by atoms with van der Waals surface area (Å²) in [6.07, 6.45) is 2.52. The maximum absolute atomic E-state index is 10.3. The Kier molecular flexibility index (Phi) is 1.90. The van der Waals surface area contributed by atoms with Gasteiger partial charge in [-0.3, -0.25) is 0 Å². The molecule has 0 bridgehead atoms. The summed E-state index contributed by atoms with van der Waals surface area (Å²) in [7, 11) is 0. The van der Waals surface area contributed by atoms with Crippen molar-refractivity contribution in [3.05, 3.63) is 23.7 Å². The Hall–Kier alpha value is -1.05. The van der Waals surface area contributed by atoms with Crippen molar-refractivity contribution in [2.45, 2.75) is 19.8 Å². The van der Waals surface area contributed by atoms with Crippen molar-refractivity contribution in [2.75, 3.05) is 0 Å². The van der Waals surface area contributed by atoms with Gasteiger partial charge in [0.1, 0.15) is 12.0 Å². The second-order valence-electron chi connectivity index (χ2n) is 2.36. The van der Waals surface area contributed by atoms with Gasteiger partial charge in [0.15, 0.2) is 0 Å². The largest absolute Gasteiger partial charge is 0.469 e. The van der Waals surface area contributed by atoms with Gasteiger partial charge in [-0.1, -0.05) is 6.92 Å². The molecule has 1 unspecified atom stereocenters. The average molecular weight is 138 g/mol. The first-order valence-corrected chi connectivity index (χ1v) is 3.25. The average Bonchev–Trinajstić information content (AvgIpc) is 2.34. The molecule has 0 amide bonds. The predicted octanol–water partition coefficient (Wildman–Crippen LogP) is 1.89. The molecule has 0 saturated carbocycles. The summed E-state index contributed by atoms with van der Waals surface area (Å²) in [6.45, 7) is 3.71. The molecule has 1 heterocycles. The number of aldehydes is 1. The molecule has 1 aromatic rings. The van der Waals surface area contributed by atoms with Crippen LogP contribution < -0.4 is 0 Å². The summed E-state index contributed by atoms with van der Waals surface area (Å²) in [5.41, 5.74) is 0.981. The Labute approximate surface area is 59.8 Å². The van der Waals surface area contributed by atoms with Crippen LogP contribution in [0.4, 0.5) is 0 Å². The summed E-state index contributed by atoms with van der Waals surface area (Å²) in [6, 6.07) is 1.83. The molecule has 2 heteroatoms. The molecule has 10 heavy (non-hydrogen) atoms. The molecule has 0 aromatic carbocycles. The number of carbonyl (C=O) groups excluding carboxylic acids is 1. The van der Waals surface area contributed by atoms with E-state index in [1.165, 1.54) is 0 Å². The number of rotatable bonds is 2. The van der Waals surface area contributed by atoms with Gasteiger partial charge >= 0.3 is 0 Å². The zero-order chi connectivity index (χ0) is 7.56. The van der Waals surface area contributed by atoms with Gasteiger partial charge in [-0.2, -0.15) is 0 Å². The Morgan fingerprint density at radius 2 is 2.40 bits per heavy atom. The Balaban J connectivity index is 2.92. The van der Waals surface area contributed by atoms with Crippen molar-refractivity contribution in [2.24, 2.45) is 0 Å². The molecule has 0 saturated heterocycles. The second kappa shape index (κ2) is 2.69. The fraction of sp³-hybridized carbons (Fsp3) is 0.375. The standard InChI is InChI=1S/C8H10O2/c1-6(5-9)8-3-4-10-7(8)2/h3-6H,1-2H3. The van der Waals surface area contributed by atoms with Crippen LogP contribution in [0.1, 0.15) is 24.2 Å². The molecule has 2 nitrogen and oxygen atoms in total. The fourth-order valence-electron chi connectivity index (χ4n) is 0.940. The molecule has 1 atom stereocenters. The second-order valence-corrected chi connectivity index (χ2v) is 2.36. The molecule has 0 aliphatic carbocycles. The summed E-state index contributed by atoms with van der Waals surface area (Å²) in [5.74, 6) is 0.790. The third-order valence-corrected chi connectivity index (χ3v) is 1.59. The van der Waals surface area contributed by atoms with Crippen LogP contribution in [0, 0.1) is 6.92 Å². The molecular formula is C8H10O2. The summed E-state index contributed by atoms with van der Waals surface area (Å²) < 4.78 is 5.03. The van der Waals surface area contributed by atoms with E-state index in [-0.39, 0.29) is 5.92 Å². The minimum absolute atomic E-state index is 0.0428. The maximum atomic E-state index is 10.3. The molecular weight excluding hydrogens is 128 g/mol. The Morgan fingerprint density at radius 3 is 2.80 bits per heavy atom. The first-order valence-electron chi connectivity index (χ1n) is 3.25. The highest BCUT2D eigenvalue weighted by atomic mass is 16.3. The number of hydrogen-bond donors (Lipinski definition) is 0. The van der Waals surface area contributed by atoms with Gasteiger partial charge in [-0.15, -0.1) is 0 Å². The van der Waals surface area contributed by atoms with Gasteiger partial charge < -0.3 is 9.21 Å². The topological polar surface area (TPSA) is 30.2 Å². The lowest BCUT2D eigenvalue weighted by molar-refractivity contribution is -0.108. The number of aryl methyl sites for hydroxylation is 1. The lowest BCUT2D eigenvalue weighted by atomic mass is 10.0. The van der Waals surface area contributed by atoms with Crippen molar-refractivity contribution >= 4 is 6.29 Å². The van der Waals surface area contributed by atoms with E-state index < -0.39 is 0 Å². The summed E-state index contributed by atoms with van der Waals surface area (Å²) in [5, 5.41) is 0. The van der Waals surface area contributed by atoms with Crippen LogP contribution >= 0.6 is 0 Å². The molecule has 1 aromatic heterocycles. The normalized spacial score (nSPS) is 13.0. The molecule has 0 spiro atoms. The van der Waals surface area contributed by atoms with Crippen molar-refractivity contribution in [3.8, 4) is 0 Å². The number of carbonyl (C=O) groups is 1. The highest BCUT2D eigenvalue weighted by molar-refractivity contribution is 5.61. The van der Waals surface area contributed by atoms with Gasteiger partial charge in [-0.25, -0.2) is 0 Å². The molecule has 0 fully saturated rings. The van der Waals surface area contributed by atoms with Crippen LogP contribution in [0.3, 0.4) is 0 Å². The minimum Gasteiger partial charge on any atom is -0.469 e. The minimum atomic E-state index is -0.0428. The van der Waals surface area contributed by atoms with E-state index in [4.69, 9.17) is 4.42 Å². The van der Waals surface area contributed by atoms with Crippen molar-refractivity contribution in [3.63, 3.8) is 0 Å². The SMILES string of the molecule is Cc1occc1C(C)C=O. The third-order valence-electron chi connectivity index (χ3n) is 1.59. The van der Waals surface area contributed by atoms with Crippen LogP contribution in [-0.2, 0) is 4.79 Å². The van der Waals surface area contributed by atoms with E-state index in [1.807, 2.05) is 19.9 Å². The van der Waals surface area contributed by atoms with E-state index in [0.717, 1.165) is 17.6 Å². The molecule has 54 valence electrons. The van der Waals surface area contributed by atoms with Crippen LogP contribution in [0.5, 0.6) is 0 Å². The molecule has 0 radical (unpaired) electrons. The first-order chi connectivity index (χ1) is 4.75. The van der Waals surface area contributed by atoms with Gasteiger partial charge in [0.25, 0.3) is 0 Å². The van der Waals surface area contributed by atoms with Crippen LogP contribution in [0.15, 0.2) is 16.7 Å². The third kappa shape index (κ3) is 1.10. The Bertz CT molecular complexity index is 225. The van der Waals surface area contributed by atoms with Crippen molar-refractivity contribution < 1.29 is 9.21 Å². The van der Waals surface area contributed by atoms with E-state index in [9.17, 15) is 4.79 Å². The van der Waals surface area contributed by atoms with Crippen molar-refractivity contribution in [1.29, 1.82) is 0 Å². The van der Waals surface area contributed by atoms with E-state index in [1.54, 1.807) is 6.26 Å². The number of furan rings is 1. The van der Waals surface area contributed by atoms with Crippen LogP contribution in [0.25, 0.3) is 0 Å². The first kappa shape index (κ1) is 7.06. The van der Waals surface area contributed by atoms with E-state index in [2.05, 4.69) is 0 Å². The predicted molar refractivity (Wildman–Crippen MR) is 37.9 cm³/mol. The monoisotopic (exact) mass is 138 g/mol. The van der Waals surface area contributed by atoms with Gasteiger partial charge in [0.05, 0.1) is 6.26 Å². The Morgan fingerprint density at radius 1 is 1.70 bits per heavy atom. The zero-order valence-electron chi connectivity index (χ0n) is 6.13. The van der Waals surface area contributed by atoms with Crippen molar-refractivity contribution in [1.82, 2.24) is 0 Å². The molecule has 0 aliphatic rings. The quantitative estimate of drug-likeness (QED) is 0.584. The van der Waals surface area contributed by atoms with E-state index >= 15 is 0 Å². The number of hydrogen-bond acceptors (Lipinski definition) is 2. The van der Waals surface area contributed by atoms with Crippen LogP contribution in [0.2, 0.25) is 0 Å². The highest BCUT2D eigenvalue weighted by Gasteiger charge is 2.07. The molecule has 0 N–H and O–H groups in total. The maximum Gasteiger partial charge on any atom is 0.127 e. The molecule has 0 aliphatic heterocycles. The van der Waals surface area contributed by atoms with Crippen LogP contribution in [-0.4, -0.2) is 6.29 Å². The fourth-order valence-corrected chi connectivity index (χ4v) is 0.940. The van der Waals surface area contributed by atoms with E-state index in [0.29, 0.717) is 0 Å². The van der Waals surface area contributed by atoms with Gasteiger partial charge in [0, 0.05) is 11.5 Å². The lowest BCUT2D eigenvalue weighted by Gasteiger charge is -1.98. The highest BCUT2D eigenvalue weighted by Crippen LogP contribution is 2.17. The zero-order valence-corrected chi connectivity index (χ0v) is 6.13. The van der Waals surface area contributed by atoms with Gasteiger partial charge in [0.2, 0.25) is 0 Å². The van der Waals surface area contributed by atoms with Gasteiger partial charge in [-0.05, 0) is 13.0 Å². The smallest absolute Gasteiger partial charge is 0.127 e.